The molecule has 96 valence electrons. The molecule has 0 aromatic heterocycles. The SMILES string of the molecule is CC(C)N(C)CCNC(=O)CNC(C)(C)C. The summed E-state index contributed by atoms with van der Waals surface area (Å²) in [5, 5.41) is 6.05. The number of nitrogens with zero attached hydrogens (tertiary/aromatic N) is 1. The average molecular weight is 229 g/mol. The quantitative estimate of drug-likeness (QED) is 0.709. The van der Waals surface area contributed by atoms with Crippen molar-refractivity contribution in [2.24, 2.45) is 0 Å². The average Bonchev–Trinajstić information content (AvgIpc) is 2.13. The van der Waals surface area contributed by atoms with Gasteiger partial charge in [-0.3, -0.25) is 4.79 Å². The van der Waals surface area contributed by atoms with Crippen molar-refractivity contribution < 1.29 is 4.79 Å². The number of rotatable bonds is 6. The molecule has 0 fully saturated rings. The minimum atomic E-state index is -0.00787. The van der Waals surface area contributed by atoms with Crippen LogP contribution in [-0.2, 0) is 4.79 Å². The fraction of sp³-hybridized carbons (Fsp3) is 0.917. The standard InChI is InChI=1S/C12H27N3O/c1-10(2)15(6)8-7-13-11(16)9-14-12(3,4)5/h10,14H,7-9H2,1-6H3,(H,13,16). The Hall–Kier alpha value is -0.610. The van der Waals surface area contributed by atoms with Crippen molar-refractivity contribution in [3.8, 4) is 0 Å². The largest absolute Gasteiger partial charge is 0.354 e. The second-order valence-corrected chi connectivity index (χ2v) is 5.53. The lowest BCUT2D eigenvalue weighted by Crippen LogP contribution is -2.44. The molecule has 0 aliphatic heterocycles. The summed E-state index contributed by atoms with van der Waals surface area (Å²) in [6.45, 7) is 12.4. The Bertz CT molecular complexity index is 209. The van der Waals surface area contributed by atoms with Gasteiger partial charge in [0.2, 0.25) is 5.91 Å². The molecule has 0 aliphatic rings. The molecule has 0 radical (unpaired) electrons. The Morgan fingerprint density at radius 3 is 2.31 bits per heavy atom. The molecular weight excluding hydrogens is 202 g/mol. The van der Waals surface area contributed by atoms with Crippen LogP contribution in [0.5, 0.6) is 0 Å². The number of amides is 1. The highest BCUT2D eigenvalue weighted by atomic mass is 16.1. The minimum Gasteiger partial charge on any atom is -0.354 e. The summed E-state index contributed by atoms with van der Waals surface area (Å²) in [6.07, 6.45) is 0. The molecule has 0 aromatic carbocycles. The van der Waals surface area contributed by atoms with Crippen LogP contribution in [-0.4, -0.2) is 49.1 Å². The molecule has 4 nitrogen and oxygen atoms in total. The normalized spacial score (nSPS) is 12.2. The van der Waals surface area contributed by atoms with Crippen molar-refractivity contribution >= 4 is 5.91 Å². The maximum Gasteiger partial charge on any atom is 0.234 e. The Balaban J connectivity index is 3.59. The Kier molecular flexibility index (Phi) is 6.60. The van der Waals surface area contributed by atoms with Gasteiger partial charge in [0.1, 0.15) is 0 Å². The van der Waals surface area contributed by atoms with E-state index in [1.54, 1.807) is 0 Å². The van der Waals surface area contributed by atoms with Crippen LogP contribution < -0.4 is 10.6 Å². The molecule has 0 saturated carbocycles. The molecule has 0 bridgehead atoms. The van der Waals surface area contributed by atoms with Crippen LogP contribution in [0, 0.1) is 0 Å². The lowest BCUT2D eigenvalue weighted by Gasteiger charge is -2.22. The van der Waals surface area contributed by atoms with E-state index in [0.29, 0.717) is 19.1 Å². The fourth-order valence-corrected chi connectivity index (χ4v) is 1.04. The van der Waals surface area contributed by atoms with Gasteiger partial charge in [0.05, 0.1) is 6.54 Å². The molecule has 0 atom stereocenters. The lowest BCUT2D eigenvalue weighted by atomic mass is 10.1. The molecule has 0 rings (SSSR count). The number of hydrogen-bond donors (Lipinski definition) is 2. The first-order valence-corrected chi connectivity index (χ1v) is 5.94. The molecule has 0 spiro atoms. The van der Waals surface area contributed by atoms with Crippen LogP contribution in [0.1, 0.15) is 34.6 Å². The first kappa shape index (κ1) is 15.4. The number of carbonyl (C=O) groups is 1. The second kappa shape index (κ2) is 6.86. The van der Waals surface area contributed by atoms with Gasteiger partial charge in [0, 0.05) is 24.7 Å². The summed E-state index contributed by atoms with van der Waals surface area (Å²) in [5.74, 6) is 0.0621. The van der Waals surface area contributed by atoms with Crippen molar-refractivity contribution in [1.29, 1.82) is 0 Å². The summed E-state index contributed by atoms with van der Waals surface area (Å²) in [5.41, 5.74) is -0.00787. The third-order valence-electron chi connectivity index (χ3n) is 2.45. The highest BCUT2D eigenvalue weighted by Crippen LogP contribution is 1.96. The van der Waals surface area contributed by atoms with Gasteiger partial charge in [0.15, 0.2) is 0 Å². The number of likely N-dealkylation sites (N-methyl/N-ethyl adjacent to an activating group) is 1. The topological polar surface area (TPSA) is 44.4 Å². The highest BCUT2D eigenvalue weighted by molar-refractivity contribution is 5.78. The van der Waals surface area contributed by atoms with Crippen LogP contribution in [0.25, 0.3) is 0 Å². The molecule has 0 aliphatic carbocycles. The zero-order valence-corrected chi connectivity index (χ0v) is 11.6. The molecule has 1 amide bonds. The maximum absolute atomic E-state index is 11.4. The van der Waals surface area contributed by atoms with E-state index >= 15 is 0 Å². The van der Waals surface area contributed by atoms with Crippen molar-refractivity contribution in [2.45, 2.75) is 46.2 Å². The molecule has 16 heavy (non-hydrogen) atoms. The van der Waals surface area contributed by atoms with E-state index in [9.17, 15) is 4.79 Å². The first-order chi connectivity index (χ1) is 7.22. The van der Waals surface area contributed by atoms with Gasteiger partial charge in [-0.15, -0.1) is 0 Å². The molecular formula is C12H27N3O. The minimum absolute atomic E-state index is 0.00787. The van der Waals surface area contributed by atoms with Crippen LogP contribution in [0.3, 0.4) is 0 Å². The van der Waals surface area contributed by atoms with E-state index in [2.05, 4.69) is 36.4 Å². The summed E-state index contributed by atoms with van der Waals surface area (Å²) >= 11 is 0. The Morgan fingerprint density at radius 2 is 1.88 bits per heavy atom. The summed E-state index contributed by atoms with van der Waals surface area (Å²) in [6, 6.07) is 0.518. The molecule has 0 saturated heterocycles. The van der Waals surface area contributed by atoms with Crippen LogP contribution in [0.4, 0.5) is 0 Å². The second-order valence-electron chi connectivity index (χ2n) is 5.53. The summed E-state index contributed by atoms with van der Waals surface area (Å²) in [4.78, 5) is 13.7. The van der Waals surface area contributed by atoms with Crippen molar-refractivity contribution in [3.05, 3.63) is 0 Å². The third kappa shape index (κ3) is 8.68. The third-order valence-corrected chi connectivity index (χ3v) is 2.45. The van der Waals surface area contributed by atoms with Crippen molar-refractivity contribution in [2.75, 3.05) is 26.7 Å². The van der Waals surface area contributed by atoms with Crippen LogP contribution >= 0.6 is 0 Å². The summed E-state index contributed by atoms with van der Waals surface area (Å²) < 4.78 is 0. The first-order valence-electron chi connectivity index (χ1n) is 5.94. The zero-order chi connectivity index (χ0) is 12.8. The van der Waals surface area contributed by atoms with E-state index in [-0.39, 0.29) is 11.4 Å². The lowest BCUT2D eigenvalue weighted by molar-refractivity contribution is -0.120. The Labute approximate surface area is 99.8 Å². The maximum atomic E-state index is 11.4. The van der Waals surface area contributed by atoms with E-state index < -0.39 is 0 Å². The van der Waals surface area contributed by atoms with Crippen LogP contribution in [0.2, 0.25) is 0 Å². The van der Waals surface area contributed by atoms with Crippen molar-refractivity contribution in [1.82, 2.24) is 15.5 Å². The van der Waals surface area contributed by atoms with Crippen molar-refractivity contribution in [3.63, 3.8) is 0 Å². The van der Waals surface area contributed by atoms with Gasteiger partial charge in [-0.1, -0.05) is 0 Å². The van der Waals surface area contributed by atoms with E-state index in [0.717, 1.165) is 6.54 Å². The van der Waals surface area contributed by atoms with E-state index in [1.807, 2.05) is 20.8 Å². The monoisotopic (exact) mass is 229 g/mol. The van der Waals surface area contributed by atoms with Gasteiger partial charge in [0.25, 0.3) is 0 Å². The van der Waals surface area contributed by atoms with Gasteiger partial charge >= 0.3 is 0 Å². The fourth-order valence-electron chi connectivity index (χ4n) is 1.04. The van der Waals surface area contributed by atoms with Gasteiger partial charge in [-0.25, -0.2) is 0 Å². The number of nitrogens with one attached hydrogen (secondary N) is 2. The summed E-state index contributed by atoms with van der Waals surface area (Å²) in [7, 11) is 2.06. The van der Waals surface area contributed by atoms with Gasteiger partial charge in [-0.05, 0) is 41.7 Å². The van der Waals surface area contributed by atoms with E-state index in [4.69, 9.17) is 0 Å². The molecule has 2 N–H and O–H groups in total. The zero-order valence-electron chi connectivity index (χ0n) is 11.6. The smallest absolute Gasteiger partial charge is 0.234 e. The molecule has 0 aromatic rings. The highest BCUT2D eigenvalue weighted by Gasteiger charge is 2.11. The molecule has 4 heteroatoms. The molecule has 0 heterocycles. The number of carbonyl (C=O) groups excluding carboxylic acids is 1. The predicted molar refractivity (Wildman–Crippen MR) is 68.5 cm³/mol. The van der Waals surface area contributed by atoms with Gasteiger partial charge in [-0.2, -0.15) is 0 Å². The van der Waals surface area contributed by atoms with Gasteiger partial charge < -0.3 is 15.5 Å². The van der Waals surface area contributed by atoms with Crippen LogP contribution in [0.15, 0.2) is 0 Å². The predicted octanol–water partition coefficient (Wildman–Crippen LogP) is 0.831. The van der Waals surface area contributed by atoms with E-state index in [1.165, 1.54) is 0 Å². The molecule has 0 unspecified atom stereocenters. The number of hydrogen-bond acceptors (Lipinski definition) is 3. The Morgan fingerprint density at radius 1 is 1.31 bits per heavy atom.